The van der Waals surface area contributed by atoms with Gasteiger partial charge in [-0.25, -0.2) is 0 Å². The van der Waals surface area contributed by atoms with Gasteiger partial charge in [0.15, 0.2) is 0 Å². The van der Waals surface area contributed by atoms with Crippen LogP contribution in [0.5, 0.6) is 0 Å². The highest BCUT2D eigenvalue weighted by Gasteiger charge is 2.02. The number of carbonyl (C=O) groups is 1. The van der Waals surface area contributed by atoms with Crippen molar-refractivity contribution in [1.29, 1.82) is 0 Å². The summed E-state index contributed by atoms with van der Waals surface area (Å²) in [6.07, 6.45) is 3.54. The van der Waals surface area contributed by atoms with E-state index in [-0.39, 0.29) is 5.91 Å². The molecule has 0 saturated heterocycles. The molecular formula is C16H25NO. The van der Waals surface area contributed by atoms with Crippen LogP contribution in [-0.4, -0.2) is 12.5 Å². The second-order valence-electron chi connectivity index (χ2n) is 5.20. The third kappa shape index (κ3) is 5.85. The summed E-state index contributed by atoms with van der Waals surface area (Å²) >= 11 is 0. The van der Waals surface area contributed by atoms with Crippen LogP contribution < -0.4 is 5.32 Å². The molecule has 1 aromatic rings. The van der Waals surface area contributed by atoms with E-state index in [9.17, 15) is 4.79 Å². The molecule has 0 bridgehead atoms. The van der Waals surface area contributed by atoms with E-state index in [4.69, 9.17) is 0 Å². The van der Waals surface area contributed by atoms with Crippen LogP contribution in [0.4, 0.5) is 0 Å². The van der Waals surface area contributed by atoms with Crippen LogP contribution >= 0.6 is 0 Å². The highest BCUT2D eigenvalue weighted by atomic mass is 16.1. The fourth-order valence-corrected chi connectivity index (χ4v) is 1.79. The predicted molar refractivity (Wildman–Crippen MR) is 76.6 cm³/mol. The van der Waals surface area contributed by atoms with Crippen molar-refractivity contribution < 1.29 is 4.79 Å². The van der Waals surface area contributed by atoms with E-state index >= 15 is 0 Å². The Morgan fingerprint density at radius 3 is 2.33 bits per heavy atom. The molecule has 1 aromatic carbocycles. The average molecular weight is 247 g/mol. The van der Waals surface area contributed by atoms with Crippen molar-refractivity contribution in [3.63, 3.8) is 0 Å². The lowest BCUT2D eigenvalue weighted by Crippen LogP contribution is -2.25. The van der Waals surface area contributed by atoms with Gasteiger partial charge in [0.25, 0.3) is 0 Å². The average Bonchev–Trinajstić information content (AvgIpc) is 2.36. The minimum absolute atomic E-state index is 0.162. The van der Waals surface area contributed by atoms with E-state index in [1.165, 1.54) is 11.1 Å². The third-order valence-corrected chi connectivity index (χ3v) is 3.12. The Morgan fingerprint density at radius 2 is 1.78 bits per heavy atom. The first-order valence-corrected chi connectivity index (χ1v) is 6.96. The number of hydrogen-bond acceptors (Lipinski definition) is 1. The topological polar surface area (TPSA) is 29.1 Å². The van der Waals surface area contributed by atoms with Crippen LogP contribution in [0.3, 0.4) is 0 Å². The zero-order valence-electron chi connectivity index (χ0n) is 11.8. The summed E-state index contributed by atoms with van der Waals surface area (Å²) in [5, 5.41) is 2.97. The maximum Gasteiger partial charge on any atom is 0.220 e. The lowest BCUT2D eigenvalue weighted by molar-refractivity contribution is -0.121. The second kappa shape index (κ2) is 7.91. The van der Waals surface area contributed by atoms with Gasteiger partial charge < -0.3 is 5.32 Å². The summed E-state index contributed by atoms with van der Waals surface area (Å²) in [5.41, 5.74) is 2.59. The molecule has 0 fully saturated rings. The van der Waals surface area contributed by atoms with Gasteiger partial charge in [-0.3, -0.25) is 4.79 Å². The van der Waals surface area contributed by atoms with Crippen LogP contribution in [0.1, 0.15) is 44.7 Å². The Hall–Kier alpha value is -1.31. The molecular weight excluding hydrogens is 222 g/mol. The zero-order chi connectivity index (χ0) is 13.4. The van der Waals surface area contributed by atoms with Crippen molar-refractivity contribution in [2.75, 3.05) is 6.54 Å². The maximum atomic E-state index is 11.6. The molecule has 18 heavy (non-hydrogen) atoms. The van der Waals surface area contributed by atoms with Gasteiger partial charge >= 0.3 is 0 Å². The predicted octanol–water partition coefficient (Wildman–Crippen LogP) is 3.34. The Bertz CT molecular complexity index is 354. The summed E-state index contributed by atoms with van der Waals surface area (Å²) in [5.74, 6) is 0.808. The number of nitrogens with one attached hydrogen (secondary N) is 1. The first kappa shape index (κ1) is 14.7. The van der Waals surface area contributed by atoms with Crippen molar-refractivity contribution in [3.8, 4) is 0 Å². The monoisotopic (exact) mass is 247 g/mol. The van der Waals surface area contributed by atoms with Crippen molar-refractivity contribution in [3.05, 3.63) is 35.4 Å². The standard InChI is InChI=1S/C16H25NO/c1-4-14-5-7-15(8-6-14)9-10-16(18)17-12-11-13(2)3/h5-8,13H,4,9-12H2,1-3H3,(H,17,18). The fraction of sp³-hybridized carbons (Fsp3) is 0.562. The number of benzene rings is 1. The smallest absolute Gasteiger partial charge is 0.220 e. The minimum Gasteiger partial charge on any atom is -0.356 e. The van der Waals surface area contributed by atoms with Crippen molar-refractivity contribution in [1.82, 2.24) is 5.32 Å². The summed E-state index contributed by atoms with van der Waals surface area (Å²) in [4.78, 5) is 11.6. The SMILES string of the molecule is CCc1ccc(CCC(=O)NCCC(C)C)cc1. The van der Waals surface area contributed by atoms with E-state index in [1.54, 1.807) is 0 Å². The Morgan fingerprint density at radius 1 is 1.17 bits per heavy atom. The second-order valence-corrected chi connectivity index (χ2v) is 5.20. The van der Waals surface area contributed by atoms with Gasteiger partial charge in [-0.1, -0.05) is 45.0 Å². The minimum atomic E-state index is 0.162. The molecule has 0 atom stereocenters. The number of carbonyl (C=O) groups excluding carboxylic acids is 1. The van der Waals surface area contributed by atoms with E-state index in [0.29, 0.717) is 12.3 Å². The molecule has 0 saturated carbocycles. The van der Waals surface area contributed by atoms with E-state index in [1.807, 2.05) is 0 Å². The summed E-state index contributed by atoms with van der Waals surface area (Å²) in [7, 11) is 0. The largest absolute Gasteiger partial charge is 0.356 e. The zero-order valence-corrected chi connectivity index (χ0v) is 11.8. The molecule has 1 rings (SSSR count). The van der Waals surface area contributed by atoms with Crippen molar-refractivity contribution in [2.24, 2.45) is 5.92 Å². The molecule has 1 amide bonds. The molecule has 0 unspecified atom stereocenters. The molecule has 2 heteroatoms. The fourth-order valence-electron chi connectivity index (χ4n) is 1.79. The summed E-state index contributed by atoms with van der Waals surface area (Å²) in [6, 6.07) is 8.54. The van der Waals surface area contributed by atoms with Crippen LogP contribution in [0.15, 0.2) is 24.3 Å². The first-order valence-electron chi connectivity index (χ1n) is 6.96. The highest BCUT2D eigenvalue weighted by Crippen LogP contribution is 2.07. The Balaban J connectivity index is 2.24. The normalized spacial score (nSPS) is 10.7. The van der Waals surface area contributed by atoms with Gasteiger partial charge in [0.05, 0.1) is 0 Å². The molecule has 0 heterocycles. The summed E-state index contributed by atoms with van der Waals surface area (Å²) < 4.78 is 0. The van der Waals surface area contributed by atoms with Crippen LogP contribution in [0.25, 0.3) is 0 Å². The number of aryl methyl sites for hydroxylation is 2. The number of hydrogen-bond donors (Lipinski definition) is 1. The van der Waals surface area contributed by atoms with Gasteiger partial charge in [-0.2, -0.15) is 0 Å². The van der Waals surface area contributed by atoms with Gasteiger partial charge in [-0.15, -0.1) is 0 Å². The lowest BCUT2D eigenvalue weighted by atomic mass is 10.1. The van der Waals surface area contributed by atoms with E-state index < -0.39 is 0 Å². The van der Waals surface area contributed by atoms with Gasteiger partial charge in [0, 0.05) is 13.0 Å². The molecule has 0 aliphatic heterocycles. The molecule has 0 radical (unpaired) electrons. The Kier molecular flexibility index (Phi) is 6.48. The van der Waals surface area contributed by atoms with E-state index in [0.717, 1.165) is 25.8 Å². The maximum absolute atomic E-state index is 11.6. The summed E-state index contributed by atoms with van der Waals surface area (Å²) in [6.45, 7) is 7.28. The van der Waals surface area contributed by atoms with Crippen molar-refractivity contribution >= 4 is 5.91 Å². The quantitative estimate of drug-likeness (QED) is 0.786. The molecule has 0 aliphatic carbocycles. The molecule has 1 N–H and O–H groups in total. The number of amides is 1. The molecule has 2 nitrogen and oxygen atoms in total. The molecule has 0 aliphatic rings. The van der Waals surface area contributed by atoms with Gasteiger partial charge in [0.1, 0.15) is 0 Å². The first-order chi connectivity index (χ1) is 8.61. The van der Waals surface area contributed by atoms with Crippen LogP contribution in [0, 0.1) is 5.92 Å². The Labute approximate surface area is 111 Å². The number of rotatable bonds is 7. The van der Waals surface area contributed by atoms with Crippen LogP contribution in [0.2, 0.25) is 0 Å². The van der Waals surface area contributed by atoms with Crippen LogP contribution in [-0.2, 0) is 17.6 Å². The lowest BCUT2D eigenvalue weighted by Gasteiger charge is -2.07. The third-order valence-electron chi connectivity index (χ3n) is 3.12. The highest BCUT2D eigenvalue weighted by molar-refractivity contribution is 5.76. The van der Waals surface area contributed by atoms with E-state index in [2.05, 4.69) is 50.4 Å². The van der Waals surface area contributed by atoms with Gasteiger partial charge in [0.2, 0.25) is 5.91 Å². The van der Waals surface area contributed by atoms with Gasteiger partial charge in [-0.05, 0) is 36.3 Å². The van der Waals surface area contributed by atoms with Crippen molar-refractivity contribution in [2.45, 2.75) is 46.5 Å². The molecule has 100 valence electrons. The molecule has 0 aromatic heterocycles. The molecule has 0 spiro atoms.